The van der Waals surface area contributed by atoms with E-state index in [0.29, 0.717) is 12.1 Å². The molecule has 100 valence electrons. The van der Waals surface area contributed by atoms with E-state index < -0.39 is 17.9 Å². The second-order valence-corrected chi connectivity index (χ2v) is 4.32. The third-order valence-corrected chi connectivity index (χ3v) is 3.00. The molecule has 1 heterocycles. The molecule has 1 aromatic carbocycles. The van der Waals surface area contributed by atoms with Gasteiger partial charge in [-0.2, -0.15) is 0 Å². The lowest BCUT2D eigenvalue weighted by atomic mass is 10.1. The van der Waals surface area contributed by atoms with E-state index in [1.54, 1.807) is 17.0 Å². The molecule has 0 spiro atoms. The third-order valence-electron chi connectivity index (χ3n) is 3.00. The topological polar surface area (TPSA) is 92.5 Å². The summed E-state index contributed by atoms with van der Waals surface area (Å²) >= 11 is 0. The van der Waals surface area contributed by atoms with Gasteiger partial charge in [-0.3, -0.25) is 14.4 Å². The van der Waals surface area contributed by atoms with Gasteiger partial charge in [0.2, 0.25) is 0 Å². The molecule has 1 aliphatic heterocycles. The number of fused-ring (bicyclic) bond motifs is 1. The van der Waals surface area contributed by atoms with Crippen molar-refractivity contribution in [3.8, 4) is 0 Å². The lowest BCUT2D eigenvalue weighted by Gasteiger charge is -2.16. The molecule has 19 heavy (non-hydrogen) atoms. The summed E-state index contributed by atoms with van der Waals surface area (Å²) in [5, 5.41) is 2.37. The maximum Gasteiger partial charge on any atom is 0.309 e. The van der Waals surface area contributed by atoms with Gasteiger partial charge in [-0.15, -0.1) is 0 Å². The van der Waals surface area contributed by atoms with Gasteiger partial charge in [0.1, 0.15) is 6.04 Å². The van der Waals surface area contributed by atoms with Crippen LogP contribution in [0.5, 0.6) is 0 Å². The van der Waals surface area contributed by atoms with Crippen LogP contribution in [0.1, 0.15) is 24.9 Å². The Morgan fingerprint density at radius 2 is 2.05 bits per heavy atom. The van der Waals surface area contributed by atoms with Crippen molar-refractivity contribution < 1.29 is 14.4 Å². The zero-order chi connectivity index (χ0) is 14.0. The predicted molar refractivity (Wildman–Crippen MR) is 69.2 cm³/mol. The first-order valence-corrected chi connectivity index (χ1v) is 6.06. The summed E-state index contributed by atoms with van der Waals surface area (Å²) in [7, 11) is 0. The van der Waals surface area contributed by atoms with Crippen LogP contribution < -0.4 is 16.0 Å². The molecule has 0 aromatic heterocycles. The zero-order valence-electron chi connectivity index (χ0n) is 10.6. The molecule has 3 N–H and O–H groups in total. The van der Waals surface area contributed by atoms with Gasteiger partial charge in [0.05, 0.1) is 0 Å². The number of primary amides is 1. The quantitative estimate of drug-likeness (QED) is 0.755. The summed E-state index contributed by atoms with van der Waals surface area (Å²) in [6, 6.07) is 6.36. The predicted octanol–water partition coefficient (Wildman–Crippen LogP) is 0.0858. The van der Waals surface area contributed by atoms with E-state index in [2.05, 4.69) is 5.32 Å². The maximum atomic E-state index is 12.3. The number of nitrogens with zero attached hydrogens (tertiary/aromatic N) is 1. The minimum Gasteiger partial charge on any atom is -0.361 e. The first kappa shape index (κ1) is 13.1. The van der Waals surface area contributed by atoms with E-state index >= 15 is 0 Å². The molecule has 1 aromatic rings. The highest BCUT2D eigenvalue weighted by Gasteiger charge is 2.37. The largest absolute Gasteiger partial charge is 0.361 e. The highest BCUT2D eigenvalue weighted by molar-refractivity contribution is 6.35. The fourth-order valence-corrected chi connectivity index (χ4v) is 2.18. The molecule has 0 saturated carbocycles. The average molecular weight is 261 g/mol. The van der Waals surface area contributed by atoms with Gasteiger partial charge in [0.25, 0.3) is 5.91 Å². The molecule has 6 nitrogen and oxygen atoms in total. The normalized spacial score (nSPS) is 17.2. The Kier molecular flexibility index (Phi) is 3.50. The number of amides is 3. The Morgan fingerprint density at radius 1 is 1.37 bits per heavy atom. The van der Waals surface area contributed by atoms with Crippen molar-refractivity contribution in [1.82, 2.24) is 5.32 Å². The summed E-state index contributed by atoms with van der Waals surface area (Å²) in [6.07, 6.45) is 0.802. The highest BCUT2D eigenvalue weighted by atomic mass is 16.2. The molecule has 3 amide bonds. The number of nitrogens with one attached hydrogen (secondary N) is 1. The average Bonchev–Trinajstić information content (AvgIpc) is 2.65. The zero-order valence-corrected chi connectivity index (χ0v) is 10.6. The van der Waals surface area contributed by atoms with E-state index in [4.69, 9.17) is 5.73 Å². The molecule has 1 unspecified atom stereocenters. The number of rotatable bonds is 3. The number of carbonyl (C=O) groups excluding carboxylic acids is 3. The van der Waals surface area contributed by atoms with Gasteiger partial charge in [-0.1, -0.05) is 25.1 Å². The summed E-state index contributed by atoms with van der Waals surface area (Å²) in [5.74, 6) is -2.29. The van der Waals surface area contributed by atoms with E-state index in [0.717, 1.165) is 12.1 Å². The standard InChI is InChI=1S/C13H15N3O3/c1-2-7-16-9-6-4-3-5-8(9)10(13(16)19)15-12(18)11(14)17/h3-6,10H,2,7H2,1H3,(H2,14,17)(H,15,18). The molecule has 0 saturated heterocycles. The van der Waals surface area contributed by atoms with Crippen LogP contribution in [-0.4, -0.2) is 24.3 Å². The van der Waals surface area contributed by atoms with Crippen molar-refractivity contribution in [2.75, 3.05) is 11.4 Å². The molecule has 6 heteroatoms. The van der Waals surface area contributed by atoms with Crippen LogP contribution in [0.2, 0.25) is 0 Å². The van der Waals surface area contributed by atoms with E-state index in [-0.39, 0.29) is 5.91 Å². The smallest absolute Gasteiger partial charge is 0.309 e. The Labute approximate surface area is 110 Å². The van der Waals surface area contributed by atoms with Gasteiger partial charge in [-0.05, 0) is 12.5 Å². The van der Waals surface area contributed by atoms with E-state index in [1.807, 2.05) is 19.1 Å². The minimum atomic E-state index is -1.10. The first-order valence-electron chi connectivity index (χ1n) is 6.06. The summed E-state index contributed by atoms with van der Waals surface area (Å²) in [4.78, 5) is 36.0. The molecule has 0 aliphatic carbocycles. The van der Waals surface area contributed by atoms with Gasteiger partial charge in [-0.25, -0.2) is 0 Å². The third kappa shape index (κ3) is 2.29. The second kappa shape index (κ2) is 5.09. The number of hydrogen-bond acceptors (Lipinski definition) is 3. The second-order valence-electron chi connectivity index (χ2n) is 4.32. The van der Waals surface area contributed by atoms with Crippen molar-refractivity contribution in [2.24, 2.45) is 5.73 Å². The number of benzene rings is 1. The Bertz CT molecular complexity index is 542. The number of carbonyl (C=O) groups is 3. The monoisotopic (exact) mass is 261 g/mol. The van der Waals surface area contributed by atoms with Crippen LogP contribution in [0.25, 0.3) is 0 Å². The van der Waals surface area contributed by atoms with Crippen LogP contribution >= 0.6 is 0 Å². The van der Waals surface area contributed by atoms with Crippen molar-refractivity contribution in [3.05, 3.63) is 29.8 Å². The van der Waals surface area contributed by atoms with Crippen LogP contribution in [0.4, 0.5) is 5.69 Å². The summed E-state index contributed by atoms with van der Waals surface area (Å²) in [6.45, 7) is 2.53. The Balaban J connectivity index is 2.33. The molecule has 2 rings (SSSR count). The number of hydrogen-bond donors (Lipinski definition) is 2. The van der Waals surface area contributed by atoms with Crippen LogP contribution in [0, 0.1) is 0 Å². The van der Waals surface area contributed by atoms with Crippen molar-refractivity contribution in [1.29, 1.82) is 0 Å². The molecule has 0 radical (unpaired) electrons. The summed E-state index contributed by atoms with van der Waals surface area (Å²) < 4.78 is 0. The van der Waals surface area contributed by atoms with Gasteiger partial charge < -0.3 is 16.0 Å². The number of anilines is 1. The summed E-state index contributed by atoms with van der Waals surface area (Å²) in [5.41, 5.74) is 6.35. The van der Waals surface area contributed by atoms with Gasteiger partial charge in [0.15, 0.2) is 0 Å². The maximum absolute atomic E-state index is 12.3. The molecular formula is C13H15N3O3. The lowest BCUT2D eigenvalue weighted by molar-refractivity contribution is -0.138. The van der Waals surface area contributed by atoms with Gasteiger partial charge >= 0.3 is 11.8 Å². The molecule has 0 fully saturated rings. The fourth-order valence-electron chi connectivity index (χ4n) is 2.18. The van der Waals surface area contributed by atoms with Crippen LogP contribution in [-0.2, 0) is 14.4 Å². The highest BCUT2D eigenvalue weighted by Crippen LogP contribution is 2.35. The van der Waals surface area contributed by atoms with E-state index in [9.17, 15) is 14.4 Å². The Hall–Kier alpha value is -2.37. The first-order chi connectivity index (χ1) is 9.06. The fraction of sp³-hybridized carbons (Fsp3) is 0.308. The van der Waals surface area contributed by atoms with Crippen LogP contribution in [0.15, 0.2) is 24.3 Å². The number of para-hydroxylation sites is 1. The lowest BCUT2D eigenvalue weighted by Crippen LogP contribution is -2.42. The minimum absolute atomic E-state index is 0.238. The van der Waals surface area contributed by atoms with Crippen molar-refractivity contribution in [3.63, 3.8) is 0 Å². The SMILES string of the molecule is CCCN1C(=O)C(NC(=O)C(N)=O)c2ccccc21. The van der Waals surface area contributed by atoms with Crippen molar-refractivity contribution >= 4 is 23.4 Å². The van der Waals surface area contributed by atoms with Crippen molar-refractivity contribution in [2.45, 2.75) is 19.4 Å². The van der Waals surface area contributed by atoms with E-state index in [1.165, 1.54) is 0 Å². The molecular weight excluding hydrogens is 246 g/mol. The molecule has 1 aliphatic rings. The molecule has 0 bridgehead atoms. The number of nitrogens with two attached hydrogens (primary N) is 1. The molecule has 1 atom stereocenters. The van der Waals surface area contributed by atoms with Gasteiger partial charge in [0, 0.05) is 17.8 Å². The Morgan fingerprint density at radius 3 is 2.68 bits per heavy atom. The van der Waals surface area contributed by atoms with Crippen LogP contribution in [0.3, 0.4) is 0 Å².